The second kappa shape index (κ2) is 7.78. The molecule has 0 spiro atoms. The summed E-state index contributed by atoms with van der Waals surface area (Å²) in [4.78, 5) is 29.4. The van der Waals surface area contributed by atoms with Crippen LogP contribution in [0, 0.1) is 5.92 Å². The molecule has 0 bridgehead atoms. The molecule has 0 radical (unpaired) electrons. The Kier molecular flexibility index (Phi) is 5.01. The minimum atomic E-state index is -0.129. The highest BCUT2D eigenvalue weighted by molar-refractivity contribution is 5.98. The maximum atomic E-state index is 13.0. The number of Topliss-reactive ketones (excluding diaryl/α,β-unsaturated/α-hetero) is 1. The molecule has 0 aliphatic carbocycles. The zero-order chi connectivity index (χ0) is 21.3. The predicted molar refractivity (Wildman–Crippen MR) is 112 cm³/mol. The van der Waals surface area contributed by atoms with Crippen LogP contribution in [0.1, 0.15) is 24.2 Å². The highest BCUT2D eigenvalue weighted by Crippen LogP contribution is 2.27. The van der Waals surface area contributed by atoms with Gasteiger partial charge >= 0.3 is 0 Å². The van der Waals surface area contributed by atoms with E-state index in [1.54, 1.807) is 28.8 Å². The van der Waals surface area contributed by atoms with Crippen LogP contribution in [-0.2, 0) is 11.3 Å². The van der Waals surface area contributed by atoms with Gasteiger partial charge in [0.25, 0.3) is 0 Å². The molecule has 9 nitrogen and oxygen atoms in total. The molecule has 0 unspecified atom stereocenters. The molecule has 0 atom stereocenters. The van der Waals surface area contributed by atoms with Crippen LogP contribution in [0.3, 0.4) is 0 Å². The van der Waals surface area contributed by atoms with Crippen molar-refractivity contribution in [3.8, 4) is 11.5 Å². The first-order valence-corrected chi connectivity index (χ1v) is 9.42. The van der Waals surface area contributed by atoms with E-state index in [-0.39, 0.29) is 35.7 Å². The van der Waals surface area contributed by atoms with E-state index in [1.807, 2.05) is 38.1 Å². The summed E-state index contributed by atoms with van der Waals surface area (Å²) in [6.45, 7) is 3.66. The molecule has 3 N–H and O–H groups in total. The van der Waals surface area contributed by atoms with Gasteiger partial charge in [-0.1, -0.05) is 26.0 Å². The van der Waals surface area contributed by atoms with Gasteiger partial charge in [-0.05, 0) is 46.7 Å². The number of imidazole rings is 1. The summed E-state index contributed by atoms with van der Waals surface area (Å²) in [6, 6.07) is 14.2. The molecule has 0 saturated heterocycles. The third-order valence-corrected chi connectivity index (χ3v) is 4.68. The number of carbonyl (C=O) groups excluding carboxylic acids is 2. The number of para-hydroxylation sites is 2. The van der Waals surface area contributed by atoms with Crippen LogP contribution in [0.25, 0.3) is 22.6 Å². The van der Waals surface area contributed by atoms with Crippen molar-refractivity contribution in [2.75, 3.05) is 11.1 Å². The maximum Gasteiger partial charge on any atom is 0.226 e. The fraction of sp³-hybridized carbons (Fsp3) is 0.190. The van der Waals surface area contributed by atoms with Crippen molar-refractivity contribution in [2.45, 2.75) is 20.4 Å². The Labute approximate surface area is 171 Å². The molecule has 4 aromatic rings. The van der Waals surface area contributed by atoms with Crippen LogP contribution >= 0.6 is 0 Å². The number of nitrogens with one attached hydrogen (secondary N) is 1. The number of fused-ring (bicyclic) bond motifs is 1. The summed E-state index contributed by atoms with van der Waals surface area (Å²) in [5.74, 6) is 0.171. The molecule has 2 aromatic heterocycles. The molecule has 2 aromatic carbocycles. The van der Waals surface area contributed by atoms with E-state index in [1.165, 1.54) is 0 Å². The number of nitrogens with two attached hydrogens (primary N) is 1. The van der Waals surface area contributed by atoms with Crippen molar-refractivity contribution in [3.63, 3.8) is 0 Å². The first-order chi connectivity index (χ1) is 14.4. The van der Waals surface area contributed by atoms with Crippen molar-refractivity contribution in [1.29, 1.82) is 0 Å². The van der Waals surface area contributed by atoms with Crippen molar-refractivity contribution in [2.24, 2.45) is 5.92 Å². The Bertz CT molecular complexity index is 1220. The number of benzene rings is 2. The van der Waals surface area contributed by atoms with Gasteiger partial charge in [-0.3, -0.25) is 9.59 Å². The van der Waals surface area contributed by atoms with Gasteiger partial charge in [0.15, 0.2) is 23.1 Å². The summed E-state index contributed by atoms with van der Waals surface area (Å²) in [5.41, 5.74) is 8.74. The molecule has 30 heavy (non-hydrogen) atoms. The molecular formula is C21H20N6O3. The molecule has 0 saturated carbocycles. The topological polar surface area (TPSA) is 129 Å². The maximum absolute atomic E-state index is 13.0. The summed E-state index contributed by atoms with van der Waals surface area (Å²) in [6.07, 6.45) is 0. The number of carbonyl (C=O) groups is 2. The summed E-state index contributed by atoms with van der Waals surface area (Å²) >= 11 is 0. The normalized spacial score (nSPS) is 11.2. The van der Waals surface area contributed by atoms with Gasteiger partial charge in [-0.15, -0.1) is 0 Å². The van der Waals surface area contributed by atoms with E-state index in [9.17, 15) is 9.59 Å². The lowest BCUT2D eigenvalue weighted by atomic mass is 10.1. The first kappa shape index (κ1) is 19.3. The Balaban J connectivity index is 1.63. The van der Waals surface area contributed by atoms with Gasteiger partial charge in [-0.25, -0.2) is 9.61 Å². The lowest BCUT2D eigenvalue weighted by molar-refractivity contribution is -0.118. The molecule has 152 valence electrons. The molecule has 9 heteroatoms. The van der Waals surface area contributed by atoms with Crippen LogP contribution in [0.5, 0.6) is 0 Å². The summed E-state index contributed by atoms with van der Waals surface area (Å²) in [5, 5.41) is 10.2. The van der Waals surface area contributed by atoms with E-state index >= 15 is 0 Å². The van der Waals surface area contributed by atoms with Gasteiger partial charge in [0, 0.05) is 17.2 Å². The highest BCUT2D eigenvalue weighted by Gasteiger charge is 2.21. The third kappa shape index (κ3) is 3.64. The molecule has 1 amide bonds. The van der Waals surface area contributed by atoms with E-state index < -0.39 is 0 Å². The van der Waals surface area contributed by atoms with Gasteiger partial charge in [0.2, 0.25) is 5.91 Å². The van der Waals surface area contributed by atoms with E-state index in [0.29, 0.717) is 22.6 Å². The monoisotopic (exact) mass is 404 g/mol. The van der Waals surface area contributed by atoms with Crippen LogP contribution in [0.4, 0.5) is 11.5 Å². The standard InChI is InChI=1S/C21H20N6O3/c1-12(2)21(29)23-14-9-7-13(8-10-14)17(28)11-27-16-6-4-3-5-15(16)24-20(27)18-19(22)26-30-25-18/h3-10,12H,11H2,1-2H3,(H2,22,26)(H,23,29). The smallest absolute Gasteiger partial charge is 0.226 e. The SMILES string of the molecule is CC(C)C(=O)Nc1ccc(C(=O)Cn2c(-c3nonc3N)nc3ccccc32)cc1. The van der Waals surface area contributed by atoms with E-state index in [0.717, 1.165) is 5.52 Å². The van der Waals surface area contributed by atoms with Gasteiger partial charge in [0.05, 0.1) is 17.6 Å². The molecule has 4 rings (SSSR count). The zero-order valence-corrected chi connectivity index (χ0v) is 16.5. The number of nitrogens with zero attached hydrogens (tertiary/aromatic N) is 4. The Morgan fingerprint density at radius 1 is 1.10 bits per heavy atom. The van der Waals surface area contributed by atoms with Crippen molar-refractivity contribution < 1.29 is 14.2 Å². The minimum absolute atomic E-state index is 0.0276. The van der Waals surface area contributed by atoms with Gasteiger partial charge < -0.3 is 15.6 Å². The number of ketones is 1. The van der Waals surface area contributed by atoms with Crippen molar-refractivity contribution in [3.05, 3.63) is 54.1 Å². The molecule has 2 heterocycles. The number of hydrogen-bond donors (Lipinski definition) is 2. The summed E-state index contributed by atoms with van der Waals surface area (Å²) in [7, 11) is 0. The summed E-state index contributed by atoms with van der Waals surface area (Å²) < 4.78 is 6.44. The molecule has 0 aliphatic heterocycles. The Morgan fingerprint density at radius 3 is 2.50 bits per heavy atom. The van der Waals surface area contributed by atoms with Crippen LogP contribution in [0.15, 0.2) is 53.2 Å². The number of nitrogen functional groups attached to an aromatic ring is 1. The predicted octanol–water partition coefficient (Wildman–Crippen LogP) is 3.15. The van der Waals surface area contributed by atoms with E-state index in [2.05, 4.69) is 20.6 Å². The molecule has 0 fully saturated rings. The number of amides is 1. The number of hydrogen-bond acceptors (Lipinski definition) is 7. The van der Waals surface area contributed by atoms with Crippen molar-refractivity contribution >= 4 is 34.2 Å². The average molecular weight is 404 g/mol. The van der Waals surface area contributed by atoms with Crippen LogP contribution in [-0.4, -0.2) is 31.6 Å². The Morgan fingerprint density at radius 2 is 1.83 bits per heavy atom. The second-order valence-electron chi connectivity index (χ2n) is 7.15. The van der Waals surface area contributed by atoms with Crippen LogP contribution < -0.4 is 11.1 Å². The fourth-order valence-corrected chi connectivity index (χ4v) is 3.03. The minimum Gasteiger partial charge on any atom is -0.379 e. The average Bonchev–Trinajstić information content (AvgIpc) is 3.31. The van der Waals surface area contributed by atoms with Gasteiger partial charge in [-0.2, -0.15) is 0 Å². The number of anilines is 2. The molecular weight excluding hydrogens is 384 g/mol. The first-order valence-electron chi connectivity index (χ1n) is 9.42. The lowest BCUT2D eigenvalue weighted by Crippen LogP contribution is -2.17. The highest BCUT2D eigenvalue weighted by atomic mass is 16.6. The quantitative estimate of drug-likeness (QED) is 0.472. The van der Waals surface area contributed by atoms with Gasteiger partial charge in [0.1, 0.15) is 0 Å². The second-order valence-corrected chi connectivity index (χ2v) is 7.15. The third-order valence-electron chi connectivity index (χ3n) is 4.68. The van der Waals surface area contributed by atoms with Crippen molar-refractivity contribution in [1.82, 2.24) is 19.9 Å². The van der Waals surface area contributed by atoms with Crippen LogP contribution in [0.2, 0.25) is 0 Å². The number of aromatic nitrogens is 4. The molecule has 0 aliphatic rings. The largest absolute Gasteiger partial charge is 0.379 e. The lowest BCUT2D eigenvalue weighted by Gasteiger charge is -2.10. The number of rotatable bonds is 6. The van der Waals surface area contributed by atoms with E-state index in [4.69, 9.17) is 10.4 Å². The fourth-order valence-electron chi connectivity index (χ4n) is 3.03. The zero-order valence-electron chi connectivity index (χ0n) is 16.5. The Hall–Kier alpha value is -4.01.